The van der Waals surface area contributed by atoms with Gasteiger partial charge in [-0.05, 0) is 51.9 Å². The van der Waals surface area contributed by atoms with Crippen LogP contribution in [0.4, 0.5) is 0 Å². The topological polar surface area (TPSA) is 30.7 Å². The first-order chi connectivity index (χ1) is 15.4. The Morgan fingerprint density at radius 2 is 1.10 bits per heavy atom. The summed E-state index contributed by atoms with van der Waals surface area (Å²) in [5.41, 5.74) is 5.31. The van der Waals surface area contributed by atoms with Gasteiger partial charge < -0.3 is 4.57 Å². The summed E-state index contributed by atoms with van der Waals surface area (Å²) in [5, 5.41) is 7.66. The fourth-order valence-electron chi connectivity index (χ4n) is 4.92. The number of hydrogen-bond donors (Lipinski definition) is 0. The Morgan fingerprint density at radius 3 is 1.74 bits per heavy atom. The quantitative estimate of drug-likeness (QED) is 0.299. The van der Waals surface area contributed by atoms with Gasteiger partial charge in [-0.25, -0.2) is 0 Å². The summed E-state index contributed by atoms with van der Waals surface area (Å²) in [4.78, 5) is 8.97. The van der Waals surface area contributed by atoms with Crippen molar-refractivity contribution in [2.45, 2.75) is 0 Å². The van der Waals surface area contributed by atoms with Crippen LogP contribution in [0.3, 0.4) is 0 Å². The molecule has 0 radical (unpaired) electrons. The van der Waals surface area contributed by atoms with Crippen molar-refractivity contribution in [1.82, 2.24) is 14.5 Å². The summed E-state index contributed by atoms with van der Waals surface area (Å²) < 4.78 is 2.36. The zero-order valence-corrected chi connectivity index (χ0v) is 16.7. The Morgan fingerprint density at radius 1 is 0.516 bits per heavy atom. The van der Waals surface area contributed by atoms with Crippen molar-refractivity contribution in [2.24, 2.45) is 0 Å². The van der Waals surface area contributed by atoms with E-state index in [1.54, 1.807) is 12.4 Å². The zero-order chi connectivity index (χ0) is 20.4. The second kappa shape index (κ2) is 6.13. The maximum Gasteiger partial charge on any atom is 0.0907 e. The summed E-state index contributed by atoms with van der Waals surface area (Å²) in [6.07, 6.45) is 3.49. The lowest BCUT2D eigenvalue weighted by atomic mass is 10.00. The van der Waals surface area contributed by atoms with Crippen LogP contribution in [0.25, 0.3) is 60.1 Å². The third-order valence-electron chi connectivity index (χ3n) is 6.26. The molecule has 0 amide bonds. The predicted octanol–water partition coefficient (Wildman–Crippen LogP) is 7.03. The standard InChI is InChI=1S/C28H17N3/c1-3-7-21-18(5-1)9-13-25-27(21)28-22-8-4-2-6-19(22)10-14-26(28)31(25)20-11-12-23-24(17-20)30-16-15-29-23/h1-17H. The molecule has 7 aromatic rings. The van der Waals surface area contributed by atoms with Gasteiger partial charge in [0.1, 0.15) is 0 Å². The van der Waals surface area contributed by atoms with Crippen LogP contribution in [-0.2, 0) is 0 Å². The Labute approximate surface area is 178 Å². The number of aromatic nitrogens is 3. The molecule has 3 nitrogen and oxygen atoms in total. The van der Waals surface area contributed by atoms with Gasteiger partial charge >= 0.3 is 0 Å². The highest BCUT2D eigenvalue weighted by Crippen LogP contribution is 2.40. The van der Waals surface area contributed by atoms with E-state index >= 15 is 0 Å². The predicted molar refractivity (Wildman–Crippen MR) is 129 cm³/mol. The third-order valence-corrected chi connectivity index (χ3v) is 6.26. The number of nitrogens with zero attached hydrogens (tertiary/aromatic N) is 3. The highest BCUT2D eigenvalue weighted by molar-refractivity contribution is 6.28. The van der Waals surface area contributed by atoms with Crippen molar-refractivity contribution < 1.29 is 0 Å². The van der Waals surface area contributed by atoms with Crippen LogP contribution in [0.1, 0.15) is 0 Å². The van der Waals surface area contributed by atoms with Gasteiger partial charge in [0, 0.05) is 28.9 Å². The normalized spacial score (nSPS) is 11.9. The molecule has 0 N–H and O–H groups in total. The molecule has 0 fully saturated rings. The molecule has 0 saturated heterocycles. The summed E-state index contributed by atoms with van der Waals surface area (Å²) in [5.74, 6) is 0. The van der Waals surface area contributed by atoms with E-state index in [2.05, 4.69) is 106 Å². The van der Waals surface area contributed by atoms with E-state index in [4.69, 9.17) is 0 Å². The lowest BCUT2D eigenvalue weighted by molar-refractivity contribution is 1.18. The van der Waals surface area contributed by atoms with E-state index in [9.17, 15) is 0 Å². The first kappa shape index (κ1) is 16.5. The molecule has 0 saturated carbocycles. The average molecular weight is 395 g/mol. The number of benzene rings is 5. The van der Waals surface area contributed by atoms with Gasteiger partial charge in [-0.2, -0.15) is 0 Å². The first-order valence-corrected chi connectivity index (χ1v) is 10.4. The van der Waals surface area contributed by atoms with E-state index < -0.39 is 0 Å². The molecule has 0 atom stereocenters. The average Bonchev–Trinajstić information content (AvgIpc) is 3.19. The number of fused-ring (bicyclic) bond motifs is 8. The molecule has 0 aliphatic rings. The van der Waals surface area contributed by atoms with Crippen LogP contribution in [0.5, 0.6) is 0 Å². The monoisotopic (exact) mass is 395 g/mol. The lowest BCUT2D eigenvalue weighted by Crippen LogP contribution is -1.95. The zero-order valence-electron chi connectivity index (χ0n) is 16.7. The SMILES string of the molecule is c1ccc2c(c1)ccc1c2c2c3ccccc3ccc2n1-c1ccc2nccnc2c1. The number of rotatable bonds is 1. The first-order valence-electron chi connectivity index (χ1n) is 10.4. The molecule has 0 aliphatic heterocycles. The molecule has 0 aliphatic carbocycles. The van der Waals surface area contributed by atoms with E-state index in [1.807, 2.05) is 0 Å². The van der Waals surface area contributed by atoms with Crippen LogP contribution in [0.15, 0.2) is 103 Å². The second-order valence-corrected chi connectivity index (χ2v) is 7.93. The van der Waals surface area contributed by atoms with Gasteiger partial charge in [0.2, 0.25) is 0 Å². The minimum absolute atomic E-state index is 0.900. The third kappa shape index (κ3) is 2.29. The summed E-state index contributed by atoms with van der Waals surface area (Å²) in [6.45, 7) is 0. The summed E-state index contributed by atoms with van der Waals surface area (Å²) in [6, 6.07) is 32.5. The molecule has 31 heavy (non-hydrogen) atoms. The molecular formula is C28H17N3. The van der Waals surface area contributed by atoms with Crippen molar-refractivity contribution in [3.63, 3.8) is 0 Å². The minimum atomic E-state index is 0.900. The smallest absolute Gasteiger partial charge is 0.0907 e. The van der Waals surface area contributed by atoms with Crippen LogP contribution < -0.4 is 0 Å². The van der Waals surface area contributed by atoms with Crippen molar-refractivity contribution in [3.05, 3.63) is 103 Å². The van der Waals surface area contributed by atoms with Gasteiger partial charge in [0.25, 0.3) is 0 Å². The van der Waals surface area contributed by atoms with E-state index in [1.165, 1.54) is 43.4 Å². The van der Waals surface area contributed by atoms with Crippen LogP contribution in [0, 0.1) is 0 Å². The molecule has 2 heterocycles. The Bertz CT molecular complexity index is 1700. The summed E-state index contributed by atoms with van der Waals surface area (Å²) in [7, 11) is 0. The van der Waals surface area contributed by atoms with Gasteiger partial charge in [-0.1, -0.05) is 60.7 Å². The maximum absolute atomic E-state index is 4.54. The lowest BCUT2D eigenvalue weighted by Gasteiger charge is -2.09. The molecule has 0 bridgehead atoms. The van der Waals surface area contributed by atoms with Crippen LogP contribution in [-0.4, -0.2) is 14.5 Å². The van der Waals surface area contributed by atoms with Crippen molar-refractivity contribution in [3.8, 4) is 5.69 Å². The maximum atomic E-state index is 4.54. The van der Waals surface area contributed by atoms with Crippen LogP contribution in [0.2, 0.25) is 0 Å². The molecule has 2 aromatic heterocycles. The van der Waals surface area contributed by atoms with E-state index in [0.717, 1.165) is 16.7 Å². The molecule has 0 spiro atoms. The summed E-state index contributed by atoms with van der Waals surface area (Å²) >= 11 is 0. The molecule has 3 heteroatoms. The second-order valence-electron chi connectivity index (χ2n) is 7.93. The fourth-order valence-corrected chi connectivity index (χ4v) is 4.92. The minimum Gasteiger partial charge on any atom is -0.309 e. The van der Waals surface area contributed by atoms with E-state index in [0.29, 0.717) is 0 Å². The highest BCUT2D eigenvalue weighted by atomic mass is 15.0. The van der Waals surface area contributed by atoms with Crippen molar-refractivity contribution in [1.29, 1.82) is 0 Å². The molecular weight excluding hydrogens is 378 g/mol. The molecule has 144 valence electrons. The van der Waals surface area contributed by atoms with Gasteiger partial charge in [0.15, 0.2) is 0 Å². The van der Waals surface area contributed by atoms with Crippen LogP contribution >= 0.6 is 0 Å². The molecule has 0 unspecified atom stereocenters. The molecule has 7 rings (SSSR count). The largest absolute Gasteiger partial charge is 0.309 e. The van der Waals surface area contributed by atoms with Gasteiger partial charge in [-0.15, -0.1) is 0 Å². The van der Waals surface area contributed by atoms with E-state index in [-0.39, 0.29) is 0 Å². The van der Waals surface area contributed by atoms with Crippen molar-refractivity contribution in [2.75, 3.05) is 0 Å². The fraction of sp³-hybridized carbons (Fsp3) is 0. The number of hydrogen-bond acceptors (Lipinski definition) is 2. The highest BCUT2D eigenvalue weighted by Gasteiger charge is 2.17. The van der Waals surface area contributed by atoms with Gasteiger partial charge in [0.05, 0.1) is 22.1 Å². The Hall–Kier alpha value is -4.24. The van der Waals surface area contributed by atoms with Gasteiger partial charge in [-0.3, -0.25) is 9.97 Å². The Kier molecular flexibility index (Phi) is 3.27. The Balaban J connectivity index is 1.73. The molecule has 5 aromatic carbocycles. The van der Waals surface area contributed by atoms with Crippen molar-refractivity contribution >= 4 is 54.4 Å².